The normalized spacial score (nSPS) is 12.0. The molecule has 3 heterocycles. The Bertz CT molecular complexity index is 4090. The topological polar surface area (TPSA) is 14.8 Å². The SMILES string of the molecule is c1ccc([Si](c2ccccc2)(c2ccccc2)c2ccc(-c3ccccc3-n3c4ccccc4c4ccccc43)c(-n3c4ccccc4c4cc(-n5c6ccccc6c6ccccc65)ccc43)c2)cc1. The van der Waals surface area contributed by atoms with Crippen molar-refractivity contribution in [3.8, 4) is 28.2 Å². The number of hydrogen-bond donors (Lipinski definition) is 0. The van der Waals surface area contributed by atoms with Crippen LogP contribution in [-0.2, 0) is 0 Å². The average molecular weight is 908 g/mol. The van der Waals surface area contributed by atoms with Crippen LogP contribution >= 0.6 is 0 Å². The van der Waals surface area contributed by atoms with Crippen LogP contribution in [0, 0.1) is 0 Å². The minimum absolute atomic E-state index is 1.14. The third-order valence-corrected chi connectivity index (χ3v) is 19.6. The molecule has 328 valence electrons. The lowest BCUT2D eigenvalue weighted by Crippen LogP contribution is -2.74. The summed E-state index contributed by atoms with van der Waals surface area (Å²) in [7, 11) is -2.96. The van der Waals surface area contributed by atoms with Gasteiger partial charge in [0.05, 0.1) is 44.5 Å². The number of rotatable bonds is 8. The highest BCUT2D eigenvalue weighted by Crippen LogP contribution is 2.42. The molecule has 0 atom stereocenters. The highest BCUT2D eigenvalue weighted by atomic mass is 28.3. The minimum Gasteiger partial charge on any atom is -0.309 e. The first-order valence-corrected chi connectivity index (χ1v) is 26.2. The van der Waals surface area contributed by atoms with Crippen LogP contribution in [0.2, 0.25) is 0 Å². The molecule has 3 aromatic heterocycles. The predicted molar refractivity (Wildman–Crippen MR) is 299 cm³/mol. The lowest BCUT2D eigenvalue weighted by atomic mass is 10.0. The molecule has 14 rings (SSSR count). The summed E-state index contributed by atoms with van der Waals surface area (Å²) in [5.74, 6) is 0. The molecule has 0 amide bonds. The maximum atomic E-state index is 2.56. The van der Waals surface area contributed by atoms with E-state index in [1.54, 1.807) is 0 Å². The largest absolute Gasteiger partial charge is 0.309 e. The van der Waals surface area contributed by atoms with E-state index in [1.807, 2.05) is 0 Å². The third-order valence-electron chi connectivity index (χ3n) is 14.8. The van der Waals surface area contributed by atoms with Gasteiger partial charge in [-0.25, -0.2) is 0 Å². The van der Waals surface area contributed by atoms with Crippen LogP contribution in [-0.4, -0.2) is 21.8 Å². The fourth-order valence-electron chi connectivity index (χ4n) is 11.9. The van der Waals surface area contributed by atoms with Crippen molar-refractivity contribution in [1.29, 1.82) is 0 Å². The molecule has 11 aromatic carbocycles. The Morgan fingerprint density at radius 2 is 0.571 bits per heavy atom. The fourth-order valence-corrected chi connectivity index (χ4v) is 16.6. The van der Waals surface area contributed by atoms with Crippen LogP contribution in [0.25, 0.3) is 93.6 Å². The highest BCUT2D eigenvalue weighted by Gasteiger charge is 2.42. The smallest absolute Gasteiger partial charge is 0.179 e. The van der Waals surface area contributed by atoms with Gasteiger partial charge < -0.3 is 13.7 Å². The van der Waals surface area contributed by atoms with E-state index < -0.39 is 8.07 Å². The van der Waals surface area contributed by atoms with Crippen molar-refractivity contribution in [1.82, 2.24) is 13.7 Å². The Morgan fingerprint density at radius 3 is 1.06 bits per heavy atom. The number of fused-ring (bicyclic) bond motifs is 9. The van der Waals surface area contributed by atoms with E-state index in [0.29, 0.717) is 0 Å². The standard InChI is InChI=1S/C66H45N3Si/c1-4-22-47(23-5-1)70(48-24-6-2-7-25-48,49-26-8-3-9-27-49)50-41-42-57(55-32-14-20-38-63(55)68-61-36-18-12-30-53(61)54-31-13-19-37-62(54)68)66(45-50)69-64-39-21-15-33-56(64)58-44-46(40-43-65(58)69)67-59-34-16-10-28-51(59)52-29-11-17-35-60(52)67/h1-45H. The number of para-hydroxylation sites is 6. The molecule has 0 bridgehead atoms. The molecule has 0 fully saturated rings. The molecular formula is C66H45N3Si. The zero-order valence-corrected chi connectivity index (χ0v) is 39.3. The summed E-state index contributed by atoms with van der Waals surface area (Å²) >= 11 is 0. The molecule has 0 spiro atoms. The van der Waals surface area contributed by atoms with Gasteiger partial charge in [-0.2, -0.15) is 0 Å². The molecular weight excluding hydrogens is 863 g/mol. The lowest BCUT2D eigenvalue weighted by Gasteiger charge is -2.35. The lowest BCUT2D eigenvalue weighted by molar-refractivity contribution is 1.16. The van der Waals surface area contributed by atoms with Crippen molar-refractivity contribution >= 4 is 94.2 Å². The molecule has 3 nitrogen and oxygen atoms in total. The van der Waals surface area contributed by atoms with Crippen molar-refractivity contribution in [2.75, 3.05) is 0 Å². The van der Waals surface area contributed by atoms with Gasteiger partial charge in [-0.3, -0.25) is 0 Å². The summed E-state index contributed by atoms with van der Waals surface area (Å²) < 4.78 is 7.46. The van der Waals surface area contributed by atoms with Gasteiger partial charge >= 0.3 is 0 Å². The van der Waals surface area contributed by atoms with Crippen LogP contribution < -0.4 is 20.7 Å². The molecule has 0 unspecified atom stereocenters. The second-order valence-corrected chi connectivity index (χ2v) is 22.2. The molecule has 0 aliphatic carbocycles. The van der Waals surface area contributed by atoms with Crippen molar-refractivity contribution in [2.45, 2.75) is 0 Å². The van der Waals surface area contributed by atoms with E-state index in [9.17, 15) is 0 Å². The third kappa shape index (κ3) is 5.94. The molecule has 0 radical (unpaired) electrons. The van der Waals surface area contributed by atoms with E-state index >= 15 is 0 Å². The second-order valence-electron chi connectivity index (χ2n) is 18.4. The Hall–Kier alpha value is -8.96. The summed E-state index contributed by atoms with van der Waals surface area (Å²) in [6.45, 7) is 0. The fraction of sp³-hybridized carbons (Fsp3) is 0. The minimum atomic E-state index is -2.96. The van der Waals surface area contributed by atoms with Gasteiger partial charge in [0.1, 0.15) is 0 Å². The monoisotopic (exact) mass is 907 g/mol. The van der Waals surface area contributed by atoms with E-state index in [1.165, 1.54) is 75.1 Å². The molecule has 0 saturated carbocycles. The van der Waals surface area contributed by atoms with Gasteiger partial charge in [0.25, 0.3) is 0 Å². The molecule has 70 heavy (non-hydrogen) atoms. The average Bonchev–Trinajstić information content (AvgIpc) is 4.08. The number of benzene rings is 11. The Balaban J connectivity index is 1.11. The first-order valence-electron chi connectivity index (χ1n) is 24.2. The van der Waals surface area contributed by atoms with Crippen LogP contribution in [0.4, 0.5) is 0 Å². The summed E-state index contributed by atoms with van der Waals surface area (Å²) in [5, 5.41) is 12.8. The summed E-state index contributed by atoms with van der Waals surface area (Å²) in [4.78, 5) is 0. The summed E-state index contributed by atoms with van der Waals surface area (Å²) in [6.07, 6.45) is 0. The van der Waals surface area contributed by atoms with Gasteiger partial charge in [0, 0.05) is 49.1 Å². The van der Waals surface area contributed by atoms with Gasteiger partial charge in [-0.15, -0.1) is 0 Å². The van der Waals surface area contributed by atoms with Crippen molar-refractivity contribution in [3.63, 3.8) is 0 Å². The molecule has 0 aliphatic rings. The molecule has 0 N–H and O–H groups in total. The molecule has 0 aliphatic heterocycles. The van der Waals surface area contributed by atoms with Crippen LogP contribution in [0.5, 0.6) is 0 Å². The van der Waals surface area contributed by atoms with Crippen molar-refractivity contribution < 1.29 is 0 Å². The predicted octanol–water partition coefficient (Wildman–Crippen LogP) is 14.0. The summed E-state index contributed by atoms with van der Waals surface area (Å²) in [6, 6.07) is 102. The number of nitrogens with zero attached hydrogens (tertiary/aromatic N) is 3. The number of aromatic nitrogens is 3. The molecule has 14 aromatic rings. The van der Waals surface area contributed by atoms with Gasteiger partial charge in [0.15, 0.2) is 8.07 Å². The van der Waals surface area contributed by atoms with Crippen LogP contribution in [0.15, 0.2) is 273 Å². The first-order chi connectivity index (χ1) is 34.8. The Morgan fingerprint density at radius 1 is 0.214 bits per heavy atom. The van der Waals surface area contributed by atoms with Gasteiger partial charge in [0.2, 0.25) is 0 Å². The van der Waals surface area contributed by atoms with Gasteiger partial charge in [-0.1, -0.05) is 212 Å². The maximum absolute atomic E-state index is 2.96. The van der Waals surface area contributed by atoms with E-state index in [0.717, 1.165) is 39.2 Å². The van der Waals surface area contributed by atoms with E-state index in [4.69, 9.17) is 0 Å². The zero-order chi connectivity index (χ0) is 46.2. The molecule has 4 heteroatoms. The van der Waals surface area contributed by atoms with Crippen LogP contribution in [0.1, 0.15) is 0 Å². The van der Waals surface area contributed by atoms with Crippen LogP contribution in [0.3, 0.4) is 0 Å². The van der Waals surface area contributed by atoms with Crippen molar-refractivity contribution in [3.05, 3.63) is 273 Å². The highest BCUT2D eigenvalue weighted by molar-refractivity contribution is 7.19. The summed E-state index contributed by atoms with van der Waals surface area (Å²) in [5.41, 5.74) is 12.8. The second kappa shape index (κ2) is 16.1. The maximum Gasteiger partial charge on any atom is 0.179 e. The zero-order valence-electron chi connectivity index (χ0n) is 38.3. The first kappa shape index (κ1) is 40.1. The molecule has 0 saturated heterocycles. The van der Waals surface area contributed by atoms with E-state index in [-0.39, 0.29) is 0 Å². The number of hydrogen-bond acceptors (Lipinski definition) is 0. The quantitative estimate of drug-likeness (QED) is 0.107. The van der Waals surface area contributed by atoms with Gasteiger partial charge in [-0.05, 0) is 81.4 Å². The Labute approximate surface area is 407 Å². The Kier molecular flexibility index (Phi) is 9.23. The van der Waals surface area contributed by atoms with E-state index in [2.05, 4.69) is 287 Å². The van der Waals surface area contributed by atoms with Crippen molar-refractivity contribution in [2.24, 2.45) is 0 Å².